The van der Waals surface area contributed by atoms with E-state index in [2.05, 4.69) is 53.6 Å². The van der Waals surface area contributed by atoms with Crippen molar-refractivity contribution in [3.8, 4) is 11.1 Å². The van der Waals surface area contributed by atoms with E-state index in [1.165, 1.54) is 27.9 Å². The average Bonchev–Trinajstić information content (AvgIpc) is 3.25. The molecule has 3 heterocycles. The van der Waals surface area contributed by atoms with Crippen molar-refractivity contribution in [1.29, 1.82) is 0 Å². The fourth-order valence-electron chi connectivity index (χ4n) is 4.28. The minimum Gasteiger partial charge on any atom is -0.350 e. The van der Waals surface area contributed by atoms with E-state index in [9.17, 15) is 0 Å². The number of hydrogen-bond donors (Lipinski definition) is 1. The Labute approximate surface area is 164 Å². The molecular weight excluding hydrogens is 348 g/mol. The third kappa shape index (κ3) is 2.85. The molecule has 28 heavy (non-hydrogen) atoms. The Morgan fingerprint density at radius 2 is 2.04 bits per heavy atom. The lowest BCUT2D eigenvalue weighted by Gasteiger charge is -2.22. The van der Waals surface area contributed by atoms with E-state index in [0.717, 1.165) is 30.5 Å². The molecule has 1 aliphatic carbocycles. The molecule has 6 nitrogen and oxygen atoms in total. The minimum absolute atomic E-state index is 0.332. The van der Waals surface area contributed by atoms with Gasteiger partial charge in [-0.3, -0.25) is 4.68 Å². The molecule has 6 heteroatoms. The molecule has 0 fully saturated rings. The van der Waals surface area contributed by atoms with Crippen LogP contribution < -0.4 is 5.32 Å². The van der Waals surface area contributed by atoms with Gasteiger partial charge in [-0.25, -0.2) is 4.52 Å². The van der Waals surface area contributed by atoms with Crippen molar-refractivity contribution >= 4 is 11.6 Å². The minimum atomic E-state index is 0.332. The molecule has 0 radical (unpaired) electrons. The largest absolute Gasteiger partial charge is 0.350 e. The molecule has 4 aromatic rings. The van der Waals surface area contributed by atoms with Crippen LogP contribution in [0.3, 0.4) is 0 Å². The van der Waals surface area contributed by atoms with E-state index in [0.29, 0.717) is 12.0 Å². The van der Waals surface area contributed by atoms with Crippen molar-refractivity contribution in [3.05, 3.63) is 65.1 Å². The molecule has 1 aromatic carbocycles. The van der Waals surface area contributed by atoms with Crippen molar-refractivity contribution in [2.75, 3.05) is 5.32 Å². The van der Waals surface area contributed by atoms with Gasteiger partial charge in [-0.05, 0) is 61.9 Å². The first-order valence-corrected chi connectivity index (χ1v) is 9.78. The van der Waals surface area contributed by atoms with Gasteiger partial charge in [0.1, 0.15) is 0 Å². The van der Waals surface area contributed by atoms with Gasteiger partial charge in [0, 0.05) is 30.5 Å². The van der Waals surface area contributed by atoms with Crippen molar-refractivity contribution in [3.63, 3.8) is 0 Å². The lowest BCUT2D eigenvalue weighted by molar-refractivity contribution is 0.575. The fraction of sp³-hybridized carbons (Fsp3) is 0.318. The highest BCUT2D eigenvalue weighted by Gasteiger charge is 2.22. The van der Waals surface area contributed by atoms with Crippen LogP contribution >= 0.6 is 0 Å². The Bertz CT molecular complexity index is 1170. The monoisotopic (exact) mass is 372 g/mol. The van der Waals surface area contributed by atoms with Crippen molar-refractivity contribution in [2.45, 2.75) is 39.2 Å². The maximum absolute atomic E-state index is 4.83. The first kappa shape index (κ1) is 17.0. The second kappa shape index (κ2) is 6.48. The van der Waals surface area contributed by atoms with Crippen LogP contribution in [0, 0.1) is 13.8 Å². The van der Waals surface area contributed by atoms with Gasteiger partial charge in [-0.2, -0.15) is 10.1 Å². The van der Waals surface area contributed by atoms with Gasteiger partial charge in [0.05, 0.1) is 6.20 Å². The standard InChI is InChI=1S/C22H24N6/c1-14-6-8-18(15(2)11-14)19-5-4-10-28-21(19)25-22(26-28)24-17-7-9-20-16(12-17)13-23-27(20)3/h4-6,8,10-11,13,17H,7,9,12H2,1-3H3,(H,24,26). The van der Waals surface area contributed by atoms with Gasteiger partial charge in [0.25, 0.3) is 0 Å². The Balaban J connectivity index is 1.46. The van der Waals surface area contributed by atoms with E-state index in [1.54, 1.807) is 0 Å². The van der Waals surface area contributed by atoms with Gasteiger partial charge >= 0.3 is 0 Å². The predicted octanol–water partition coefficient (Wildman–Crippen LogP) is 3.72. The molecular formula is C22H24N6. The zero-order valence-electron chi connectivity index (χ0n) is 16.5. The van der Waals surface area contributed by atoms with Crippen LogP contribution in [0.15, 0.2) is 42.7 Å². The number of hydrogen-bond acceptors (Lipinski definition) is 4. The normalized spacial score (nSPS) is 16.3. The summed E-state index contributed by atoms with van der Waals surface area (Å²) < 4.78 is 3.86. The summed E-state index contributed by atoms with van der Waals surface area (Å²) in [5.41, 5.74) is 8.39. The topological polar surface area (TPSA) is 60.0 Å². The number of nitrogens with one attached hydrogen (secondary N) is 1. The summed E-state index contributed by atoms with van der Waals surface area (Å²) in [6.07, 6.45) is 7.00. The Kier molecular flexibility index (Phi) is 3.93. The number of nitrogens with zero attached hydrogens (tertiary/aromatic N) is 5. The maximum Gasteiger partial charge on any atom is 0.243 e. The average molecular weight is 372 g/mol. The van der Waals surface area contributed by atoms with Crippen LogP contribution in [0.25, 0.3) is 16.8 Å². The van der Waals surface area contributed by atoms with Gasteiger partial charge in [-0.15, -0.1) is 5.10 Å². The second-order valence-corrected chi connectivity index (χ2v) is 7.77. The summed E-state index contributed by atoms with van der Waals surface area (Å²) in [5.74, 6) is 0.689. The summed E-state index contributed by atoms with van der Waals surface area (Å²) in [6, 6.07) is 11.0. The Hall–Kier alpha value is -3.15. The van der Waals surface area contributed by atoms with Crippen LogP contribution in [0.2, 0.25) is 0 Å². The Morgan fingerprint density at radius 3 is 2.89 bits per heavy atom. The second-order valence-electron chi connectivity index (χ2n) is 7.77. The number of fused-ring (bicyclic) bond motifs is 2. The summed E-state index contributed by atoms with van der Waals surface area (Å²) in [4.78, 5) is 4.83. The third-order valence-electron chi connectivity index (χ3n) is 5.71. The van der Waals surface area contributed by atoms with Crippen LogP contribution in [0.1, 0.15) is 28.8 Å². The summed E-state index contributed by atoms with van der Waals surface area (Å²) in [6.45, 7) is 4.27. The molecule has 0 saturated heterocycles. The SMILES string of the molecule is Cc1ccc(-c2cccn3nc(NC4CCc5c(cnn5C)C4)nc23)c(C)c1. The number of rotatable bonds is 3. The maximum atomic E-state index is 4.83. The summed E-state index contributed by atoms with van der Waals surface area (Å²) in [5, 5.41) is 12.6. The highest BCUT2D eigenvalue weighted by Crippen LogP contribution is 2.28. The van der Waals surface area contributed by atoms with Crippen LogP contribution in [-0.2, 0) is 19.9 Å². The predicted molar refractivity (Wildman–Crippen MR) is 111 cm³/mol. The lowest BCUT2D eigenvalue weighted by atomic mass is 9.93. The lowest BCUT2D eigenvalue weighted by Crippen LogP contribution is -2.28. The van der Waals surface area contributed by atoms with Gasteiger partial charge < -0.3 is 5.32 Å². The molecule has 0 spiro atoms. The molecule has 0 bridgehead atoms. The zero-order valence-corrected chi connectivity index (χ0v) is 16.5. The molecule has 1 N–H and O–H groups in total. The van der Waals surface area contributed by atoms with Gasteiger partial charge in [0.15, 0.2) is 5.65 Å². The van der Waals surface area contributed by atoms with Crippen LogP contribution in [0.4, 0.5) is 5.95 Å². The quantitative estimate of drug-likeness (QED) is 0.595. The first-order chi connectivity index (χ1) is 13.6. The number of aromatic nitrogens is 5. The van der Waals surface area contributed by atoms with Crippen molar-refractivity contribution in [2.24, 2.45) is 7.05 Å². The highest BCUT2D eigenvalue weighted by atomic mass is 15.3. The molecule has 1 atom stereocenters. The number of benzene rings is 1. The smallest absolute Gasteiger partial charge is 0.243 e. The van der Waals surface area contributed by atoms with E-state index in [-0.39, 0.29) is 0 Å². The molecule has 1 unspecified atom stereocenters. The van der Waals surface area contributed by atoms with Crippen LogP contribution in [-0.4, -0.2) is 30.4 Å². The fourth-order valence-corrected chi connectivity index (χ4v) is 4.28. The zero-order chi connectivity index (χ0) is 19.3. The van der Waals surface area contributed by atoms with E-state index in [4.69, 9.17) is 4.98 Å². The van der Waals surface area contributed by atoms with E-state index in [1.807, 2.05) is 34.7 Å². The van der Waals surface area contributed by atoms with Crippen molar-refractivity contribution < 1.29 is 0 Å². The van der Waals surface area contributed by atoms with E-state index < -0.39 is 0 Å². The Morgan fingerprint density at radius 1 is 1.14 bits per heavy atom. The molecule has 3 aromatic heterocycles. The molecule has 1 aliphatic rings. The molecule has 5 rings (SSSR count). The molecule has 0 aliphatic heterocycles. The highest BCUT2D eigenvalue weighted by molar-refractivity contribution is 5.80. The van der Waals surface area contributed by atoms with Crippen LogP contribution in [0.5, 0.6) is 0 Å². The number of aryl methyl sites for hydroxylation is 3. The molecule has 142 valence electrons. The van der Waals surface area contributed by atoms with Crippen molar-refractivity contribution in [1.82, 2.24) is 24.4 Å². The molecule has 0 saturated carbocycles. The first-order valence-electron chi connectivity index (χ1n) is 9.78. The summed E-state index contributed by atoms with van der Waals surface area (Å²) in [7, 11) is 2.02. The van der Waals surface area contributed by atoms with Gasteiger partial charge in [0.2, 0.25) is 5.95 Å². The summed E-state index contributed by atoms with van der Waals surface area (Å²) >= 11 is 0. The van der Waals surface area contributed by atoms with E-state index >= 15 is 0 Å². The molecule has 0 amide bonds. The van der Waals surface area contributed by atoms with Gasteiger partial charge in [-0.1, -0.05) is 23.8 Å². The third-order valence-corrected chi connectivity index (χ3v) is 5.71. The number of pyridine rings is 1. The number of anilines is 1.